The minimum Gasteiger partial charge on any atom is -0.333 e. The highest BCUT2D eigenvalue weighted by Gasteiger charge is 2.19. The lowest BCUT2D eigenvalue weighted by Gasteiger charge is -2.18. The van der Waals surface area contributed by atoms with Crippen LogP contribution >= 0.6 is 7.60 Å². The molecule has 0 atom stereocenters. The van der Waals surface area contributed by atoms with Crippen molar-refractivity contribution in [2.24, 2.45) is 5.73 Å². The van der Waals surface area contributed by atoms with E-state index in [4.69, 9.17) is 9.05 Å². The van der Waals surface area contributed by atoms with Crippen LogP contribution in [-0.4, -0.2) is 25.9 Å². The topological polar surface area (TPSA) is 61.5 Å². The molecule has 82 valence electrons. The van der Waals surface area contributed by atoms with Crippen molar-refractivity contribution in [3.8, 4) is 0 Å². The SMILES string of the molecule is CC(C)OP(C)(=O)OC(C)C.CN. The maximum absolute atomic E-state index is 11.4. The molecule has 0 heterocycles. The van der Waals surface area contributed by atoms with Crippen molar-refractivity contribution in [3.05, 3.63) is 0 Å². The van der Waals surface area contributed by atoms with Crippen molar-refractivity contribution in [2.75, 3.05) is 13.7 Å². The molecule has 0 aliphatic heterocycles. The van der Waals surface area contributed by atoms with Gasteiger partial charge in [-0.05, 0) is 34.7 Å². The van der Waals surface area contributed by atoms with Crippen LogP contribution < -0.4 is 5.73 Å². The summed E-state index contributed by atoms with van der Waals surface area (Å²) in [5, 5.41) is 0. The van der Waals surface area contributed by atoms with E-state index in [9.17, 15) is 4.57 Å². The second-order valence-corrected chi connectivity index (χ2v) is 5.04. The van der Waals surface area contributed by atoms with Gasteiger partial charge in [-0.3, -0.25) is 4.57 Å². The lowest BCUT2D eigenvalue weighted by molar-refractivity contribution is 0.146. The first-order valence-electron chi connectivity index (χ1n) is 4.35. The summed E-state index contributed by atoms with van der Waals surface area (Å²) in [6.07, 6.45) is -0.103. The number of rotatable bonds is 4. The molecular formula is C8H22NO3P. The molecule has 0 aliphatic carbocycles. The molecule has 0 saturated heterocycles. The second-order valence-electron chi connectivity index (χ2n) is 3.08. The third-order valence-corrected chi connectivity index (χ3v) is 2.41. The average Bonchev–Trinajstić information content (AvgIpc) is 1.85. The lowest BCUT2D eigenvalue weighted by Crippen LogP contribution is -2.06. The van der Waals surface area contributed by atoms with Gasteiger partial charge in [0.15, 0.2) is 0 Å². The molecule has 4 nitrogen and oxygen atoms in total. The molecule has 2 N–H and O–H groups in total. The van der Waals surface area contributed by atoms with Gasteiger partial charge in [-0.1, -0.05) is 0 Å². The third-order valence-electron chi connectivity index (χ3n) is 0.805. The quantitative estimate of drug-likeness (QED) is 0.724. The molecule has 0 unspecified atom stereocenters. The van der Waals surface area contributed by atoms with Crippen LogP contribution in [0.2, 0.25) is 0 Å². The minimum atomic E-state index is -2.80. The fourth-order valence-corrected chi connectivity index (χ4v) is 2.37. The maximum Gasteiger partial charge on any atom is 0.328 e. The van der Waals surface area contributed by atoms with Gasteiger partial charge < -0.3 is 14.8 Å². The van der Waals surface area contributed by atoms with Crippen LogP contribution in [0.25, 0.3) is 0 Å². The van der Waals surface area contributed by atoms with E-state index in [0.717, 1.165) is 0 Å². The summed E-state index contributed by atoms with van der Waals surface area (Å²) in [5.74, 6) is 0. The predicted octanol–water partition coefficient (Wildman–Crippen LogP) is 2.23. The van der Waals surface area contributed by atoms with Gasteiger partial charge in [-0.25, -0.2) is 0 Å². The highest BCUT2D eigenvalue weighted by Crippen LogP contribution is 2.46. The van der Waals surface area contributed by atoms with E-state index in [1.165, 1.54) is 13.7 Å². The van der Waals surface area contributed by atoms with Crippen LogP contribution in [0.4, 0.5) is 0 Å². The van der Waals surface area contributed by atoms with Gasteiger partial charge in [-0.15, -0.1) is 0 Å². The Labute approximate surface area is 81.3 Å². The van der Waals surface area contributed by atoms with E-state index < -0.39 is 7.60 Å². The molecule has 13 heavy (non-hydrogen) atoms. The molecule has 0 amide bonds. The largest absolute Gasteiger partial charge is 0.333 e. The van der Waals surface area contributed by atoms with Crippen LogP contribution in [0, 0.1) is 0 Å². The molecule has 0 aromatic heterocycles. The smallest absolute Gasteiger partial charge is 0.328 e. The van der Waals surface area contributed by atoms with Gasteiger partial charge in [-0.2, -0.15) is 0 Å². The van der Waals surface area contributed by atoms with Crippen molar-refractivity contribution in [2.45, 2.75) is 39.9 Å². The molecular weight excluding hydrogens is 189 g/mol. The van der Waals surface area contributed by atoms with Gasteiger partial charge in [0.2, 0.25) is 0 Å². The Balaban J connectivity index is 0. The maximum atomic E-state index is 11.4. The van der Waals surface area contributed by atoms with Gasteiger partial charge in [0.1, 0.15) is 0 Å². The number of hydrogen-bond donors (Lipinski definition) is 1. The zero-order chi connectivity index (χ0) is 11.1. The van der Waals surface area contributed by atoms with E-state index in [1.54, 1.807) is 0 Å². The Kier molecular flexibility index (Phi) is 9.00. The average molecular weight is 211 g/mol. The van der Waals surface area contributed by atoms with Gasteiger partial charge >= 0.3 is 7.60 Å². The normalized spacial score (nSPS) is 11.5. The summed E-state index contributed by atoms with van der Waals surface area (Å²) in [5.41, 5.74) is 4.50. The van der Waals surface area contributed by atoms with Gasteiger partial charge in [0.05, 0.1) is 12.2 Å². The zero-order valence-electron chi connectivity index (χ0n) is 9.40. The summed E-state index contributed by atoms with van der Waals surface area (Å²) < 4.78 is 21.6. The summed E-state index contributed by atoms with van der Waals surface area (Å²) in [6, 6.07) is 0. The Morgan fingerprint density at radius 1 is 1.00 bits per heavy atom. The van der Waals surface area contributed by atoms with Crippen molar-refractivity contribution in [1.29, 1.82) is 0 Å². The van der Waals surface area contributed by atoms with Crippen LogP contribution in [0.3, 0.4) is 0 Å². The molecule has 0 spiro atoms. The number of nitrogens with two attached hydrogens (primary N) is 1. The fraction of sp³-hybridized carbons (Fsp3) is 1.00. The van der Waals surface area contributed by atoms with Crippen LogP contribution in [-0.2, 0) is 13.6 Å². The van der Waals surface area contributed by atoms with E-state index in [-0.39, 0.29) is 12.2 Å². The predicted molar refractivity (Wildman–Crippen MR) is 56.1 cm³/mol. The minimum absolute atomic E-state index is 0.0513. The Hall–Kier alpha value is 0.110. The van der Waals surface area contributed by atoms with Gasteiger partial charge in [0, 0.05) is 6.66 Å². The van der Waals surface area contributed by atoms with Crippen molar-refractivity contribution in [3.63, 3.8) is 0 Å². The van der Waals surface area contributed by atoms with Gasteiger partial charge in [0.25, 0.3) is 0 Å². The van der Waals surface area contributed by atoms with Crippen LogP contribution in [0.15, 0.2) is 0 Å². The van der Waals surface area contributed by atoms with Crippen LogP contribution in [0.5, 0.6) is 0 Å². The first-order chi connectivity index (χ1) is 5.83. The van der Waals surface area contributed by atoms with E-state index in [0.29, 0.717) is 0 Å². The monoisotopic (exact) mass is 211 g/mol. The van der Waals surface area contributed by atoms with Crippen molar-refractivity contribution < 1.29 is 13.6 Å². The first-order valence-corrected chi connectivity index (χ1v) is 6.34. The van der Waals surface area contributed by atoms with E-state index in [1.807, 2.05) is 27.7 Å². The summed E-state index contributed by atoms with van der Waals surface area (Å²) in [6.45, 7) is 8.83. The van der Waals surface area contributed by atoms with Crippen molar-refractivity contribution in [1.82, 2.24) is 0 Å². The number of hydrogen-bond acceptors (Lipinski definition) is 4. The molecule has 0 rings (SSSR count). The second kappa shape index (κ2) is 7.51. The Morgan fingerprint density at radius 2 is 1.23 bits per heavy atom. The molecule has 0 fully saturated rings. The Bertz CT molecular complexity index is 145. The molecule has 0 aliphatic rings. The Morgan fingerprint density at radius 3 is 1.38 bits per heavy atom. The molecule has 0 saturated carbocycles. The van der Waals surface area contributed by atoms with E-state index >= 15 is 0 Å². The lowest BCUT2D eigenvalue weighted by atomic mass is 10.5. The third kappa shape index (κ3) is 12.1. The molecule has 0 bridgehead atoms. The fourth-order valence-electron chi connectivity index (χ4n) is 0.791. The molecule has 0 radical (unpaired) electrons. The zero-order valence-corrected chi connectivity index (χ0v) is 10.3. The standard InChI is InChI=1S/C7H17O3P.CH5N/c1-6(2)9-11(5,8)10-7(3)4;1-2/h6-7H,1-5H3;2H2,1H3. The summed E-state index contributed by atoms with van der Waals surface area (Å²) >= 11 is 0. The summed E-state index contributed by atoms with van der Waals surface area (Å²) in [4.78, 5) is 0. The molecule has 0 aromatic rings. The highest BCUT2D eigenvalue weighted by molar-refractivity contribution is 7.53. The van der Waals surface area contributed by atoms with Crippen LogP contribution in [0.1, 0.15) is 27.7 Å². The van der Waals surface area contributed by atoms with E-state index in [2.05, 4.69) is 5.73 Å². The molecule has 0 aromatic carbocycles. The molecule has 5 heteroatoms. The van der Waals surface area contributed by atoms with Crippen molar-refractivity contribution >= 4 is 7.60 Å². The first kappa shape index (κ1) is 15.6. The highest BCUT2D eigenvalue weighted by atomic mass is 31.2. The summed E-state index contributed by atoms with van der Waals surface area (Å²) in [7, 11) is -1.30.